The molecule has 1 atom stereocenters. The van der Waals surface area contributed by atoms with Crippen LogP contribution in [0.25, 0.3) is 11.5 Å². The Morgan fingerprint density at radius 2 is 1.77 bits per heavy atom. The SMILES string of the molecule is Fc1ccc([C@@H](NCc2cccs2)c2nnc(-c3ccccc3)o2)cc1. The first-order chi connectivity index (χ1) is 12.8. The molecule has 0 spiro atoms. The predicted octanol–water partition coefficient (Wildman–Crippen LogP) is 4.82. The first-order valence-electron chi connectivity index (χ1n) is 8.19. The van der Waals surface area contributed by atoms with Gasteiger partial charge in [0.1, 0.15) is 11.9 Å². The number of nitrogens with zero attached hydrogens (tertiary/aromatic N) is 2. The number of hydrogen-bond acceptors (Lipinski definition) is 5. The molecular formula is C20H16FN3OS. The molecule has 0 amide bonds. The molecule has 1 N–H and O–H groups in total. The number of rotatable bonds is 6. The van der Waals surface area contributed by atoms with Crippen molar-refractivity contribution in [1.82, 2.24) is 15.5 Å². The molecule has 0 radical (unpaired) electrons. The van der Waals surface area contributed by atoms with E-state index in [-0.39, 0.29) is 11.9 Å². The third-order valence-corrected chi connectivity index (χ3v) is 4.85. The summed E-state index contributed by atoms with van der Waals surface area (Å²) in [6, 6.07) is 19.7. The van der Waals surface area contributed by atoms with Gasteiger partial charge in [-0.2, -0.15) is 0 Å². The lowest BCUT2D eigenvalue weighted by atomic mass is 10.1. The zero-order valence-electron chi connectivity index (χ0n) is 13.8. The molecule has 2 aromatic heterocycles. The summed E-state index contributed by atoms with van der Waals surface area (Å²) in [6.45, 7) is 0.656. The largest absolute Gasteiger partial charge is 0.419 e. The van der Waals surface area contributed by atoms with Gasteiger partial charge in [-0.25, -0.2) is 4.39 Å². The molecule has 0 bridgehead atoms. The van der Waals surface area contributed by atoms with Gasteiger partial charge in [-0.1, -0.05) is 36.4 Å². The zero-order chi connectivity index (χ0) is 17.8. The van der Waals surface area contributed by atoms with Crippen molar-refractivity contribution in [2.24, 2.45) is 0 Å². The normalized spacial score (nSPS) is 12.2. The van der Waals surface area contributed by atoms with Crippen LogP contribution in [0, 0.1) is 5.82 Å². The highest BCUT2D eigenvalue weighted by Crippen LogP contribution is 2.26. The molecule has 0 aliphatic rings. The molecule has 4 aromatic rings. The number of nitrogens with one attached hydrogen (secondary N) is 1. The predicted molar refractivity (Wildman–Crippen MR) is 99.1 cm³/mol. The van der Waals surface area contributed by atoms with Gasteiger partial charge in [0.15, 0.2) is 0 Å². The monoisotopic (exact) mass is 365 g/mol. The van der Waals surface area contributed by atoms with Crippen molar-refractivity contribution in [2.45, 2.75) is 12.6 Å². The maximum Gasteiger partial charge on any atom is 0.247 e. The van der Waals surface area contributed by atoms with E-state index in [1.165, 1.54) is 17.0 Å². The third kappa shape index (κ3) is 3.71. The van der Waals surface area contributed by atoms with Crippen molar-refractivity contribution in [2.75, 3.05) is 0 Å². The fraction of sp³-hybridized carbons (Fsp3) is 0.100. The van der Waals surface area contributed by atoms with Crippen LogP contribution < -0.4 is 5.32 Å². The molecule has 0 saturated carbocycles. The van der Waals surface area contributed by atoms with Crippen LogP contribution in [0.5, 0.6) is 0 Å². The summed E-state index contributed by atoms with van der Waals surface area (Å²) in [7, 11) is 0. The average molecular weight is 365 g/mol. The Kier molecular flexibility index (Phi) is 4.86. The molecular weight excluding hydrogens is 349 g/mol. The van der Waals surface area contributed by atoms with Gasteiger partial charge in [0.05, 0.1) is 0 Å². The van der Waals surface area contributed by atoms with E-state index in [2.05, 4.69) is 21.6 Å². The second-order valence-corrected chi connectivity index (χ2v) is 6.79. The van der Waals surface area contributed by atoms with Crippen molar-refractivity contribution in [3.63, 3.8) is 0 Å². The molecule has 0 saturated heterocycles. The molecule has 4 rings (SSSR count). The van der Waals surface area contributed by atoms with Crippen LogP contribution >= 0.6 is 11.3 Å². The van der Waals surface area contributed by atoms with E-state index in [0.29, 0.717) is 18.3 Å². The number of benzene rings is 2. The van der Waals surface area contributed by atoms with Crippen LogP contribution in [-0.4, -0.2) is 10.2 Å². The quantitative estimate of drug-likeness (QED) is 0.532. The van der Waals surface area contributed by atoms with Crippen LogP contribution in [0.1, 0.15) is 22.4 Å². The van der Waals surface area contributed by atoms with Crippen molar-refractivity contribution >= 4 is 11.3 Å². The van der Waals surface area contributed by atoms with E-state index in [9.17, 15) is 4.39 Å². The van der Waals surface area contributed by atoms with Crippen LogP contribution in [-0.2, 0) is 6.54 Å². The fourth-order valence-electron chi connectivity index (χ4n) is 2.67. The molecule has 6 heteroatoms. The number of hydrogen-bond donors (Lipinski definition) is 1. The van der Waals surface area contributed by atoms with E-state index in [1.807, 2.05) is 41.8 Å². The molecule has 4 nitrogen and oxygen atoms in total. The molecule has 0 unspecified atom stereocenters. The molecule has 2 heterocycles. The Labute approximate surface area is 154 Å². The third-order valence-electron chi connectivity index (χ3n) is 3.97. The van der Waals surface area contributed by atoms with Gasteiger partial charge in [0.2, 0.25) is 11.8 Å². The minimum atomic E-state index is -0.317. The van der Waals surface area contributed by atoms with E-state index >= 15 is 0 Å². The van der Waals surface area contributed by atoms with E-state index < -0.39 is 0 Å². The topological polar surface area (TPSA) is 51.0 Å². The maximum absolute atomic E-state index is 13.3. The van der Waals surface area contributed by atoms with Gasteiger partial charge in [-0.15, -0.1) is 21.5 Å². The zero-order valence-corrected chi connectivity index (χ0v) is 14.6. The summed E-state index contributed by atoms with van der Waals surface area (Å²) in [5.41, 5.74) is 1.73. The van der Waals surface area contributed by atoms with Crippen molar-refractivity contribution in [3.05, 3.63) is 94.3 Å². The summed E-state index contributed by atoms with van der Waals surface area (Å²) in [4.78, 5) is 1.19. The van der Waals surface area contributed by atoms with E-state index in [0.717, 1.165) is 11.1 Å². The first-order valence-corrected chi connectivity index (χ1v) is 9.07. The van der Waals surface area contributed by atoms with Gasteiger partial charge >= 0.3 is 0 Å². The Morgan fingerprint density at radius 1 is 0.962 bits per heavy atom. The van der Waals surface area contributed by atoms with Gasteiger partial charge in [0.25, 0.3) is 0 Å². The minimum absolute atomic E-state index is 0.277. The maximum atomic E-state index is 13.3. The van der Waals surface area contributed by atoms with Crippen LogP contribution in [0.4, 0.5) is 4.39 Å². The number of halogens is 1. The highest BCUT2D eigenvalue weighted by atomic mass is 32.1. The Bertz CT molecular complexity index is 952. The second-order valence-electron chi connectivity index (χ2n) is 5.76. The van der Waals surface area contributed by atoms with Crippen LogP contribution in [0.15, 0.2) is 76.5 Å². The summed E-state index contributed by atoms with van der Waals surface area (Å²) in [6.07, 6.45) is 0. The van der Waals surface area contributed by atoms with E-state index in [4.69, 9.17) is 4.42 Å². The Morgan fingerprint density at radius 3 is 2.50 bits per heavy atom. The summed E-state index contributed by atoms with van der Waals surface area (Å²) in [5, 5.41) is 13.9. The number of aromatic nitrogens is 2. The molecule has 0 aliphatic heterocycles. The Hall–Kier alpha value is -2.83. The van der Waals surface area contributed by atoms with Crippen LogP contribution in [0.2, 0.25) is 0 Å². The van der Waals surface area contributed by atoms with Crippen molar-refractivity contribution < 1.29 is 8.81 Å². The van der Waals surface area contributed by atoms with Gasteiger partial charge in [-0.05, 0) is 41.3 Å². The molecule has 26 heavy (non-hydrogen) atoms. The lowest BCUT2D eigenvalue weighted by Gasteiger charge is -2.15. The van der Waals surface area contributed by atoms with E-state index in [1.54, 1.807) is 23.5 Å². The number of thiophene rings is 1. The summed E-state index contributed by atoms with van der Waals surface area (Å²) < 4.78 is 19.2. The smallest absolute Gasteiger partial charge is 0.247 e. The minimum Gasteiger partial charge on any atom is -0.419 e. The molecule has 130 valence electrons. The van der Waals surface area contributed by atoms with Gasteiger partial charge < -0.3 is 4.42 Å². The highest BCUT2D eigenvalue weighted by Gasteiger charge is 2.21. The lowest BCUT2D eigenvalue weighted by Crippen LogP contribution is -2.22. The highest BCUT2D eigenvalue weighted by molar-refractivity contribution is 7.09. The molecule has 2 aromatic carbocycles. The molecule has 0 fully saturated rings. The fourth-order valence-corrected chi connectivity index (χ4v) is 3.32. The summed E-state index contributed by atoms with van der Waals surface area (Å²) >= 11 is 1.67. The standard InChI is InChI=1S/C20H16FN3OS/c21-16-10-8-14(9-11-16)18(22-13-17-7-4-12-26-17)20-24-23-19(25-20)15-5-2-1-3-6-15/h1-12,18,22H,13H2/t18-/m1/s1. The molecule has 0 aliphatic carbocycles. The van der Waals surface area contributed by atoms with Crippen molar-refractivity contribution in [1.29, 1.82) is 0 Å². The average Bonchev–Trinajstić information content (AvgIpc) is 3.36. The first kappa shape index (κ1) is 16.6. The second kappa shape index (κ2) is 7.59. The van der Waals surface area contributed by atoms with Crippen LogP contribution in [0.3, 0.4) is 0 Å². The lowest BCUT2D eigenvalue weighted by molar-refractivity contribution is 0.438. The summed E-state index contributed by atoms with van der Waals surface area (Å²) in [5.74, 6) is 0.638. The van der Waals surface area contributed by atoms with Gasteiger partial charge in [0, 0.05) is 17.0 Å². The van der Waals surface area contributed by atoms with Crippen molar-refractivity contribution in [3.8, 4) is 11.5 Å². The van der Waals surface area contributed by atoms with Gasteiger partial charge in [-0.3, -0.25) is 5.32 Å². The Balaban J connectivity index is 1.63.